The number of benzene rings is 1. The van der Waals surface area contributed by atoms with Crippen molar-refractivity contribution in [1.29, 1.82) is 0 Å². The molecule has 1 N–H and O–H groups in total. The van der Waals surface area contributed by atoms with E-state index in [4.69, 9.17) is 0 Å². The minimum Gasteiger partial charge on any atom is -0.370 e. The molecule has 0 spiro atoms. The van der Waals surface area contributed by atoms with Gasteiger partial charge >= 0.3 is 6.03 Å². The zero-order valence-electron chi connectivity index (χ0n) is 16.0. The fourth-order valence-electron chi connectivity index (χ4n) is 3.93. The maximum atomic E-state index is 12.6. The summed E-state index contributed by atoms with van der Waals surface area (Å²) in [5.41, 5.74) is 2.58. The van der Waals surface area contributed by atoms with Crippen molar-refractivity contribution < 1.29 is 14.4 Å². The summed E-state index contributed by atoms with van der Waals surface area (Å²) in [4.78, 5) is 45.9. The predicted octanol–water partition coefficient (Wildman–Crippen LogP) is 2.06. The highest BCUT2D eigenvalue weighted by Crippen LogP contribution is 2.32. The summed E-state index contributed by atoms with van der Waals surface area (Å²) < 4.78 is 0. The minimum atomic E-state index is -0.772. The lowest BCUT2D eigenvalue weighted by atomic mass is 10.1. The molecule has 2 saturated heterocycles. The Balaban J connectivity index is 1.57. The van der Waals surface area contributed by atoms with Crippen LogP contribution in [0.1, 0.15) is 19.3 Å². The van der Waals surface area contributed by atoms with Crippen molar-refractivity contribution in [2.45, 2.75) is 25.3 Å². The molecular formula is C20H23N5O3. The zero-order chi connectivity index (χ0) is 19.8. The van der Waals surface area contributed by atoms with E-state index in [0.29, 0.717) is 5.69 Å². The molecule has 1 atom stereocenters. The molecule has 0 radical (unpaired) electrons. The molecule has 146 valence electrons. The lowest BCUT2D eigenvalue weighted by Crippen LogP contribution is -2.35. The zero-order valence-corrected chi connectivity index (χ0v) is 16.0. The molecule has 1 aromatic heterocycles. The van der Waals surface area contributed by atoms with Crippen molar-refractivity contribution >= 4 is 40.1 Å². The number of anilines is 2. The topological polar surface area (TPSA) is 85.8 Å². The van der Waals surface area contributed by atoms with Crippen molar-refractivity contribution in [2.75, 3.05) is 37.4 Å². The van der Waals surface area contributed by atoms with Gasteiger partial charge in [0.15, 0.2) is 0 Å². The number of aromatic nitrogens is 1. The van der Waals surface area contributed by atoms with Crippen molar-refractivity contribution in [2.24, 2.45) is 0 Å². The van der Waals surface area contributed by atoms with Crippen LogP contribution in [0.25, 0.3) is 10.9 Å². The van der Waals surface area contributed by atoms with Crippen molar-refractivity contribution in [3.05, 3.63) is 30.5 Å². The van der Waals surface area contributed by atoms with Crippen LogP contribution in [0.2, 0.25) is 0 Å². The van der Waals surface area contributed by atoms with E-state index in [2.05, 4.69) is 15.2 Å². The number of carbonyl (C=O) groups excluding carboxylic acids is 3. The molecule has 2 fully saturated rings. The summed E-state index contributed by atoms with van der Waals surface area (Å²) in [6.45, 7) is 2.02. The van der Waals surface area contributed by atoms with Crippen LogP contribution in [-0.2, 0) is 9.59 Å². The number of fused-ring (bicyclic) bond motifs is 1. The Bertz CT molecular complexity index is 954. The molecule has 0 aliphatic carbocycles. The molecule has 2 aliphatic heterocycles. The summed E-state index contributed by atoms with van der Waals surface area (Å²) in [5, 5.41) is 3.75. The van der Waals surface area contributed by atoms with E-state index in [-0.39, 0.29) is 18.2 Å². The van der Waals surface area contributed by atoms with Gasteiger partial charge < -0.3 is 15.1 Å². The average molecular weight is 381 g/mol. The predicted molar refractivity (Wildman–Crippen MR) is 106 cm³/mol. The molecule has 8 heteroatoms. The molecule has 2 aromatic rings. The van der Waals surface area contributed by atoms with Crippen LogP contribution in [-0.4, -0.2) is 65.9 Å². The van der Waals surface area contributed by atoms with Crippen LogP contribution in [0.15, 0.2) is 30.5 Å². The first-order chi connectivity index (χ1) is 13.5. The van der Waals surface area contributed by atoms with Gasteiger partial charge in [-0.3, -0.25) is 19.5 Å². The third kappa shape index (κ3) is 3.04. The van der Waals surface area contributed by atoms with Crippen molar-refractivity contribution in [3.8, 4) is 0 Å². The fourth-order valence-corrected chi connectivity index (χ4v) is 3.93. The van der Waals surface area contributed by atoms with Crippen LogP contribution >= 0.6 is 0 Å². The van der Waals surface area contributed by atoms with E-state index in [1.165, 1.54) is 31.8 Å². The molecular weight excluding hydrogens is 358 g/mol. The maximum absolute atomic E-state index is 12.6. The first-order valence-corrected chi connectivity index (χ1v) is 9.44. The third-order valence-corrected chi connectivity index (χ3v) is 5.52. The molecule has 1 unspecified atom stereocenters. The number of urea groups is 1. The van der Waals surface area contributed by atoms with Crippen molar-refractivity contribution in [1.82, 2.24) is 14.8 Å². The quantitative estimate of drug-likeness (QED) is 0.820. The maximum Gasteiger partial charge on any atom is 0.326 e. The summed E-state index contributed by atoms with van der Waals surface area (Å²) in [7, 11) is 2.96. The third-order valence-electron chi connectivity index (χ3n) is 5.52. The normalized spacial score (nSPS) is 19.8. The molecule has 4 rings (SSSR count). The largest absolute Gasteiger partial charge is 0.370 e. The summed E-state index contributed by atoms with van der Waals surface area (Å²) >= 11 is 0. The number of imide groups is 1. The lowest BCUT2D eigenvalue weighted by Gasteiger charge is -2.21. The average Bonchev–Trinajstić information content (AvgIpc) is 3.29. The van der Waals surface area contributed by atoms with Crippen molar-refractivity contribution in [3.63, 3.8) is 0 Å². The van der Waals surface area contributed by atoms with Gasteiger partial charge in [-0.1, -0.05) is 0 Å². The van der Waals surface area contributed by atoms with E-state index in [1.807, 2.05) is 24.3 Å². The Hall–Kier alpha value is -3.16. The molecule has 0 bridgehead atoms. The number of rotatable bonds is 4. The Labute approximate surface area is 163 Å². The summed E-state index contributed by atoms with van der Waals surface area (Å²) in [6, 6.07) is 6.47. The SMILES string of the molecule is CN1C(=O)C(CC(=O)Nc2ccc(N3CCCC3)c3ncccc23)N(C)C1=O. The number of nitrogens with zero attached hydrogens (tertiary/aromatic N) is 4. The van der Waals surface area contributed by atoms with Crippen LogP contribution < -0.4 is 10.2 Å². The van der Waals surface area contributed by atoms with E-state index in [9.17, 15) is 14.4 Å². The molecule has 8 nitrogen and oxygen atoms in total. The molecule has 28 heavy (non-hydrogen) atoms. The highest BCUT2D eigenvalue weighted by Gasteiger charge is 2.41. The van der Waals surface area contributed by atoms with Crippen LogP contribution in [0.5, 0.6) is 0 Å². The second kappa shape index (κ2) is 7.10. The Morgan fingerprint density at radius 2 is 1.93 bits per heavy atom. The van der Waals surface area contributed by atoms with Gasteiger partial charge in [0.05, 0.1) is 23.3 Å². The molecule has 1 aromatic carbocycles. The van der Waals surface area contributed by atoms with E-state index in [0.717, 1.165) is 34.6 Å². The number of likely N-dealkylation sites (N-methyl/N-ethyl adjacent to an activating group) is 2. The second-order valence-corrected chi connectivity index (χ2v) is 7.28. The van der Waals surface area contributed by atoms with Gasteiger partial charge in [-0.25, -0.2) is 4.79 Å². The summed E-state index contributed by atoms with van der Waals surface area (Å²) in [5.74, 6) is -0.675. The van der Waals surface area contributed by atoms with Gasteiger partial charge in [0, 0.05) is 38.8 Å². The second-order valence-electron chi connectivity index (χ2n) is 7.28. The fraction of sp³-hybridized carbons (Fsp3) is 0.400. The molecule has 4 amide bonds. The van der Waals surface area contributed by atoms with Gasteiger partial charge in [0.25, 0.3) is 5.91 Å². The van der Waals surface area contributed by atoms with Gasteiger partial charge in [-0.2, -0.15) is 0 Å². The number of carbonyl (C=O) groups is 3. The number of hydrogen-bond acceptors (Lipinski definition) is 5. The number of hydrogen-bond donors (Lipinski definition) is 1. The van der Waals surface area contributed by atoms with E-state index >= 15 is 0 Å². The monoisotopic (exact) mass is 381 g/mol. The number of pyridine rings is 1. The number of nitrogens with one attached hydrogen (secondary N) is 1. The van der Waals surface area contributed by atoms with E-state index < -0.39 is 12.1 Å². The lowest BCUT2D eigenvalue weighted by molar-refractivity contribution is -0.129. The molecule has 3 heterocycles. The van der Waals surface area contributed by atoms with Gasteiger partial charge in [0.2, 0.25) is 5.91 Å². The van der Waals surface area contributed by atoms with Crippen LogP contribution in [0.4, 0.5) is 16.2 Å². The Morgan fingerprint density at radius 1 is 1.18 bits per heavy atom. The molecule has 0 saturated carbocycles. The Kier molecular flexibility index (Phi) is 4.62. The van der Waals surface area contributed by atoms with Crippen LogP contribution in [0.3, 0.4) is 0 Å². The minimum absolute atomic E-state index is 0.0823. The highest BCUT2D eigenvalue weighted by atomic mass is 16.2. The first kappa shape index (κ1) is 18.2. The van der Waals surface area contributed by atoms with Crippen LogP contribution in [0, 0.1) is 0 Å². The smallest absolute Gasteiger partial charge is 0.326 e. The van der Waals surface area contributed by atoms with Gasteiger partial charge in [0.1, 0.15) is 6.04 Å². The van der Waals surface area contributed by atoms with Gasteiger partial charge in [-0.15, -0.1) is 0 Å². The van der Waals surface area contributed by atoms with Gasteiger partial charge in [-0.05, 0) is 37.1 Å². The highest BCUT2D eigenvalue weighted by molar-refractivity contribution is 6.09. The Morgan fingerprint density at radius 3 is 2.61 bits per heavy atom. The first-order valence-electron chi connectivity index (χ1n) is 9.44. The standard InChI is InChI=1S/C20H23N5O3/c1-23-16(19(27)24(2)20(23)28)12-17(26)22-14-7-8-15(25-10-3-4-11-25)18-13(14)6-5-9-21-18/h5-9,16H,3-4,10-12H2,1-2H3,(H,22,26). The van der Waals surface area contributed by atoms with E-state index in [1.54, 1.807) is 6.20 Å². The number of amides is 4. The summed E-state index contributed by atoms with van der Waals surface area (Å²) in [6.07, 6.45) is 4.01. The molecule has 2 aliphatic rings.